The zero-order valence-corrected chi connectivity index (χ0v) is 9.80. The molecule has 1 rings (SSSR count). The van der Waals surface area contributed by atoms with Gasteiger partial charge in [-0.2, -0.15) is 0 Å². The van der Waals surface area contributed by atoms with Crippen LogP contribution in [0.3, 0.4) is 0 Å². The lowest BCUT2D eigenvalue weighted by Crippen LogP contribution is -2.01. The van der Waals surface area contributed by atoms with E-state index in [-0.39, 0.29) is 0 Å². The van der Waals surface area contributed by atoms with E-state index in [4.69, 9.17) is 33.9 Å². The third-order valence-corrected chi connectivity index (χ3v) is 3.57. The van der Waals surface area contributed by atoms with Gasteiger partial charge in [-0.3, -0.25) is 0 Å². The van der Waals surface area contributed by atoms with Crippen molar-refractivity contribution in [1.82, 2.24) is 4.98 Å². The molecule has 0 saturated carbocycles. The first-order valence-corrected chi connectivity index (χ1v) is 6.38. The number of halogens is 5. The van der Waals surface area contributed by atoms with Crippen LogP contribution in [0.2, 0.25) is 10.2 Å². The Labute approximate surface area is 98.4 Å². The molecule has 84 valence electrons. The number of rotatable bonds is 2. The summed E-state index contributed by atoms with van der Waals surface area (Å²) < 4.78 is 46.8. The van der Waals surface area contributed by atoms with E-state index in [1.165, 1.54) is 0 Å². The van der Waals surface area contributed by atoms with E-state index in [0.717, 1.165) is 0 Å². The van der Waals surface area contributed by atoms with Gasteiger partial charge < -0.3 is 0 Å². The van der Waals surface area contributed by atoms with Gasteiger partial charge in [-0.05, 0) is 0 Å². The highest BCUT2D eigenvalue weighted by Gasteiger charge is 2.26. The lowest BCUT2D eigenvalue weighted by Gasteiger charge is -2.08. The highest BCUT2D eigenvalue weighted by atomic mass is 35.7. The molecule has 1 aromatic rings. The molecule has 0 bridgehead atoms. The van der Waals surface area contributed by atoms with Crippen LogP contribution in [0.15, 0.2) is 11.1 Å². The Morgan fingerprint density at radius 1 is 1.33 bits per heavy atom. The van der Waals surface area contributed by atoms with Gasteiger partial charge in [0.05, 0.1) is 10.6 Å². The van der Waals surface area contributed by atoms with Gasteiger partial charge >= 0.3 is 0 Å². The average molecular weight is 297 g/mol. The van der Waals surface area contributed by atoms with Crippen molar-refractivity contribution in [2.75, 3.05) is 0 Å². The molecule has 0 aliphatic rings. The maximum atomic E-state index is 12.5. The molecule has 0 aromatic carbocycles. The van der Waals surface area contributed by atoms with Crippen molar-refractivity contribution in [2.45, 2.75) is 11.3 Å². The molecule has 1 heterocycles. The quantitative estimate of drug-likeness (QED) is 0.621. The highest BCUT2D eigenvalue weighted by Crippen LogP contribution is 2.37. The van der Waals surface area contributed by atoms with Gasteiger partial charge in [-0.25, -0.2) is 22.2 Å². The summed E-state index contributed by atoms with van der Waals surface area (Å²) in [6.45, 7) is 0. The zero-order valence-electron chi connectivity index (χ0n) is 6.72. The summed E-state index contributed by atoms with van der Waals surface area (Å²) in [7, 11) is 0.598. The van der Waals surface area contributed by atoms with Gasteiger partial charge in [0.25, 0.3) is 15.5 Å². The standard InChI is InChI=1S/C6H2Cl3F2NO2S/c7-4-3(6(10)11)2(15(9,13)14)1-12-5(4)8/h1,6H. The predicted molar refractivity (Wildman–Crippen MR) is 52.3 cm³/mol. The lowest BCUT2D eigenvalue weighted by atomic mass is 10.3. The van der Waals surface area contributed by atoms with E-state index in [2.05, 4.69) is 4.98 Å². The van der Waals surface area contributed by atoms with E-state index in [0.29, 0.717) is 6.20 Å². The Kier molecular flexibility index (Phi) is 3.76. The van der Waals surface area contributed by atoms with E-state index < -0.39 is 36.1 Å². The molecule has 15 heavy (non-hydrogen) atoms. The Bertz CT molecular complexity index is 491. The van der Waals surface area contributed by atoms with E-state index in [1.54, 1.807) is 0 Å². The minimum absolute atomic E-state index is 0.406. The fourth-order valence-electron chi connectivity index (χ4n) is 0.858. The monoisotopic (exact) mass is 295 g/mol. The van der Waals surface area contributed by atoms with Crippen LogP contribution in [0.1, 0.15) is 12.0 Å². The van der Waals surface area contributed by atoms with Gasteiger partial charge in [-0.1, -0.05) is 23.2 Å². The molecule has 0 unspecified atom stereocenters. The van der Waals surface area contributed by atoms with Crippen molar-refractivity contribution in [3.8, 4) is 0 Å². The molecular formula is C6H2Cl3F2NO2S. The Morgan fingerprint density at radius 3 is 2.27 bits per heavy atom. The fourth-order valence-corrected chi connectivity index (χ4v) is 2.30. The normalized spacial score (nSPS) is 12.1. The molecular weight excluding hydrogens is 294 g/mol. The second kappa shape index (κ2) is 4.37. The number of hydrogen-bond donors (Lipinski definition) is 0. The van der Waals surface area contributed by atoms with E-state index in [9.17, 15) is 17.2 Å². The molecule has 0 atom stereocenters. The predicted octanol–water partition coefficient (Wildman–Crippen LogP) is 3.25. The Morgan fingerprint density at radius 2 is 1.87 bits per heavy atom. The summed E-state index contributed by atoms with van der Waals surface area (Å²) in [5.41, 5.74) is -0.938. The molecule has 0 amide bonds. The number of nitrogens with zero attached hydrogens (tertiary/aromatic N) is 1. The number of alkyl halides is 2. The first-order valence-electron chi connectivity index (χ1n) is 3.32. The molecule has 0 N–H and O–H groups in total. The van der Waals surface area contributed by atoms with Gasteiger partial charge in [0, 0.05) is 16.9 Å². The van der Waals surface area contributed by atoms with E-state index in [1.807, 2.05) is 0 Å². The lowest BCUT2D eigenvalue weighted by molar-refractivity contribution is 0.148. The van der Waals surface area contributed by atoms with Gasteiger partial charge in [0.1, 0.15) is 10.0 Å². The molecule has 0 saturated heterocycles. The molecule has 0 fully saturated rings. The number of hydrogen-bond acceptors (Lipinski definition) is 3. The van der Waals surface area contributed by atoms with Crippen LogP contribution in [-0.2, 0) is 9.05 Å². The molecule has 1 aromatic heterocycles. The summed E-state index contributed by atoms with van der Waals surface area (Å²) >= 11 is 10.8. The van der Waals surface area contributed by atoms with Crippen LogP contribution in [0.25, 0.3) is 0 Å². The Hall–Kier alpha value is -0.170. The summed E-state index contributed by atoms with van der Waals surface area (Å²) in [5, 5.41) is -1.02. The third-order valence-electron chi connectivity index (χ3n) is 1.46. The van der Waals surface area contributed by atoms with Crippen LogP contribution in [0.4, 0.5) is 8.78 Å². The number of aromatic nitrogens is 1. The molecule has 0 radical (unpaired) electrons. The van der Waals surface area contributed by atoms with Crippen molar-refractivity contribution in [3.63, 3.8) is 0 Å². The molecule has 0 aliphatic heterocycles. The molecule has 3 nitrogen and oxygen atoms in total. The summed E-state index contributed by atoms with van der Waals surface area (Å²) in [4.78, 5) is 2.49. The van der Waals surface area contributed by atoms with Crippen molar-refractivity contribution in [2.24, 2.45) is 0 Å². The summed E-state index contributed by atoms with van der Waals surface area (Å²) in [5.74, 6) is 0. The van der Waals surface area contributed by atoms with Gasteiger partial charge in [0.2, 0.25) is 0 Å². The Balaban J connectivity index is 3.62. The highest BCUT2D eigenvalue weighted by molar-refractivity contribution is 8.13. The van der Waals surface area contributed by atoms with Gasteiger partial charge in [0.15, 0.2) is 0 Å². The topological polar surface area (TPSA) is 47.0 Å². The maximum Gasteiger partial charge on any atom is 0.266 e. The van der Waals surface area contributed by atoms with Crippen LogP contribution in [0, 0.1) is 0 Å². The fraction of sp³-hybridized carbons (Fsp3) is 0.167. The van der Waals surface area contributed by atoms with Crippen molar-refractivity contribution in [3.05, 3.63) is 21.9 Å². The average Bonchev–Trinajstić information content (AvgIpc) is 2.06. The molecule has 9 heteroatoms. The SMILES string of the molecule is O=S(=O)(Cl)c1cnc(Cl)c(Cl)c1C(F)F. The van der Waals surface area contributed by atoms with Crippen LogP contribution >= 0.6 is 33.9 Å². The first kappa shape index (κ1) is 12.9. The van der Waals surface area contributed by atoms with Crippen molar-refractivity contribution < 1.29 is 17.2 Å². The summed E-state index contributed by atoms with van der Waals surface area (Å²) in [6.07, 6.45) is -2.47. The van der Waals surface area contributed by atoms with Crippen LogP contribution in [0.5, 0.6) is 0 Å². The summed E-state index contributed by atoms with van der Waals surface area (Å²) in [6, 6.07) is 0. The minimum Gasteiger partial charge on any atom is -0.242 e. The van der Waals surface area contributed by atoms with Crippen LogP contribution in [-0.4, -0.2) is 13.4 Å². The largest absolute Gasteiger partial charge is 0.266 e. The first-order chi connectivity index (χ1) is 6.75. The van der Waals surface area contributed by atoms with Crippen molar-refractivity contribution >= 4 is 42.9 Å². The second-order valence-electron chi connectivity index (χ2n) is 2.38. The number of pyridine rings is 1. The smallest absolute Gasteiger partial charge is 0.242 e. The third kappa shape index (κ3) is 2.69. The minimum atomic E-state index is -4.33. The molecule has 0 spiro atoms. The van der Waals surface area contributed by atoms with Crippen LogP contribution < -0.4 is 0 Å². The molecule has 0 aliphatic carbocycles. The van der Waals surface area contributed by atoms with Crippen molar-refractivity contribution in [1.29, 1.82) is 0 Å². The maximum absolute atomic E-state index is 12.5. The van der Waals surface area contributed by atoms with E-state index >= 15 is 0 Å². The van der Waals surface area contributed by atoms with Gasteiger partial charge in [-0.15, -0.1) is 0 Å². The second-order valence-corrected chi connectivity index (χ2v) is 5.65. The zero-order chi connectivity index (χ0) is 11.8.